The Balaban J connectivity index is 1.84. The Bertz CT molecular complexity index is 948. The highest BCUT2D eigenvalue weighted by molar-refractivity contribution is 7.22. The van der Waals surface area contributed by atoms with Gasteiger partial charge in [-0.3, -0.25) is 4.79 Å². The van der Waals surface area contributed by atoms with Crippen LogP contribution in [0.15, 0.2) is 24.3 Å². The number of rotatable bonds is 2. The zero-order valence-corrected chi connectivity index (χ0v) is 17.2. The highest BCUT2D eigenvalue weighted by atomic mass is 32.1. The molecule has 3 heterocycles. The lowest BCUT2D eigenvalue weighted by Crippen LogP contribution is -2.27. The number of thiazole rings is 1. The van der Waals surface area contributed by atoms with Gasteiger partial charge in [0.25, 0.3) is 0 Å². The van der Waals surface area contributed by atoms with Crippen LogP contribution in [0.25, 0.3) is 20.8 Å². The number of carbonyl (C=O) groups is 1. The average molecular weight is 386 g/mol. The smallest absolute Gasteiger partial charge is 0.230 e. The lowest BCUT2D eigenvalue weighted by atomic mass is 9.95. The van der Waals surface area contributed by atoms with Crippen molar-refractivity contribution in [2.75, 3.05) is 18.9 Å². The maximum Gasteiger partial charge on any atom is 0.230 e. The molecular weight excluding hydrogens is 362 g/mol. The number of hydrogen-bond acceptors (Lipinski definition) is 5. The Hall–Kier alpha value is -1.76. The van der Waals surface area contributed by atoms with Crippen LogP contribution in [-0.2, 0) is 17.8 Å². The zero-order valence-electron chi connectivity index (χ0n) is 15.5. The maximum absolute atomic E-state index is 12.6. The van der Waals surface area contributed by atoms with Crippen LogP contribution >= 0.6 is 22.7 Å². The number of nitrogens with zero attached hydrogens (tertiary/aromatic N) is 2. The first kappa shape index (κ1) is 17.6. The molecule has 1 aliphatic rings. The molecule has 0 bridgehead atoms. The summed E-state index contributed by atoms with van der Waals surface area (Å²) < 4.78 is 1.18. The molecule has 6 heteroatoms. The molecule has 0 fully saturated rings. The Labute approximate surface area is 161 Å². The molecule has 4 rings (SSSR count). The third-order valence-corrected chi connectivity index (χ3v) is 6.85. The van der Waals surface area contributed by atoms with Crippen molar-refractivity contribution < 1.29 is 4.79 Å². The number of likely N-dealkylation sites (N-methyl/N-ethyl adjacent to an activating group) is 1. The molecule has 0 spiro atoms. The molecule has 136 valence electrons. The largest absolute Gasteiger partial charge is 0.317 e. The molecule has 4 nitrogen and oxygen atoms in total. The van der Waals surface area contributed by atoms with E-state index in [0.717, 1.165) is 40.6 Å². The van der Waals surface area contributed by atoms with Gasteiger partial charge in [-0.05, 0) is 31.2 Å². The summed E-state index contributed by atoms with van der Waals surface area (Å²) in [4.78, 5) is 21.2. The summed E-state index contributed by atoms with van der Waals surface area (Å²) in [6, 6.07) is 8.22. The first-order chi connectivity index (χ1) is 12.3. The predicted octanol–water partition coefficient (Wildman–Crippen LogP) is 5.00. The van der Waals surface area contributed by atoms with Gasteiger partial charge < -0.3 is 10.2 Å². The first-order valence-electron chi connectivity index (χ1n) is 8.83. The van der Waals surface area contributed by atoms with Crippen molar-refractivity contribution in [1.29, 1.82) is 0 Å². The minimum Gasteiger partial charge on any atom is -0.317 e. The zero-order chi connectivity index (χ0) is 18.5. The van der Waals surface area contributed by atoms with E-state index in [-0.39, 0.29) is 5.91 Å². The van der Waals surface area contributed by atoms with E-state index in [1.165, 1.54) is 15.1 Å². The first-order valence-corrected chi connectivity index (χ1v) is 10.5. The van der Waals surface area contributed by atoms with Gasteiger partial charge in [-0.1, -0.05) is 32.9 Å². The summed E-state index contributed by atoms with van der Waals surface area (Å²) in [5, 5.41) is 5.15. The molecule has 1 amide bonds. The van der Waals surface area contributed by atoms with E-state index in [4.69, 9.17) is 4.98 Å². The van der Waals surface area contributed by atoms with Crippen molar-refractivity contribution in [3.05, 3.63) is 34.7 Å². The third kappa shape index (κ3) is 3.17. The monoisotopic (exact) mass is 385 g/mol. The summed E-state index contributed by atoms with van der Waals surface area (Å²) in [7, 11) is 2.15. The number of amides is 1. The highest BCUT2D eigenvalue weighted by Gasteiger charge is 2.29. The second-order valence-electron chi connectivity index (χ2n) is 7.89. The Kier molecular flexibility index (Phi) is 4.37. The standard InChI is InChI=1S/C20H23N3OS2/c1-20(2,3)19(24)22-18-16(12-9-10-23(4)11-15(12)26-18)17-21-13-7-5-6-8-14(13)25-17/h5-8H,9-11H2,1-4H3,(H,22,24). The van der Waals surface area contributed by atoms with Crippen molar-refractivity contribution in [3.63, 3.8) is 0 Å². The molecule has 26 heavy (non-hydrogen) atoms. The normalized spacial score (nSPS) is 15.2. The van der Waals surface area contributed by atoms with Crippen molar-refractivity contribution in [3.8, 4) is 10.6 Å². The number of nitrogens with one attached hydrogen (secondary N) is 1. The Morgan fingerprint density at radius 2 is 2.00 bits per heavy atom. The molecule has 1 aliphatic heterocycles. The Morgan fingerprint density at radius 1 is 1.23 bits per heavy atom. The van der Waals surface area contributed by atoms with Crippen LogP contribution in [0.2, 0.25) is 0 Å². The van der Waals surface area contributed by atoms with E-state index in [1.54, 1.807) is 22.7 Å². The van der Waals surface area contributed by atoms with Crippen LogP contribution in [0.4, 0.5) is 5.00 Å². The van der Waals surface area contributed by atoms with Gasteiger partial charge in [0.15, 0.2) is 0 Å². The molecule has 0 radical (unpaired) electrons. The van der Waals surface area contributed by atoms with Gasteiger partial charge in [0.2, 0.25) is 5.91 Å². The highest BCUT2D eigenvalue weighted by Crippen LogP contribution is 2.45. The average Bonchev–Trinajstić information content (AvgIpc) is 3.13. The molecule has 2 aromatic heterocycles. The van der Waals surface area contributed by atoms with Gasteiger partial charge in [-0.25, -0.2) is 4.98 Å². The number of para-hydroxylation sites is 1. The van der Waals surface area contributed by atoms with E-state index in [2.05, 4.69) is 29.4 Å². The fourth-order valence-electron chi connectivity index (χ4n) is 3.12. The second-order valence-corrected chi connectivity index (χ2v) is 10.0. The molecule has 1 N–H and O–H groups in total. The van der Waals surface area contributed by atoms with Gasteiger partial charge in [-0.15, -0.1) is 22.7 Å². The van der Waals surface area contributed by atoms with Gasteiger partial charge in [0.05, 0.1) is 10.2 Å². The summed E-state index contributed by atoms with van der Waals surface area (Å²) in [6.07, 6.45) is 0.999. The van der Waals surface area contributed by atoms with Gasteiger partial charge >= 0.3 is 0 Å². The van der Waals surface area contributed by atoms with Crippen molar-refractivity contribution in [2.45, 2.75) is 33.7 Å². The number of carbonyl (C=O) groups excluding carboxylic acids is 1. The number of hydrogen-bond donors (Lipinski definition) is 1. The lowest BCUT2D eigenvalue weighted by molar-refractivity contribution is -0.123. The van der Waals surface area contributed by atoms with Crippen LogP contribution in [-0.4, -0.2) is 29.4 Å². The number of anilines is 1. The molecule has 0 saturated heterocycles. The molecule has 0 atom stereocenters. The van der Waals surface area contributed by atoms with E-state index in [9.17, 15) is 4.79 Å². The molecular formula is C20H23N3OS2. The number of aromatic nitrogens is 1. The fourth-order valence-corrected chi connectivity index (χ4v) is 5.55. The van der Waals surface area contributed by atoms with Gasteiger partial charge in [0.1, 0.15) is 10.0 Å². The third-order valence-electron chi connectivity index (χ3n) is 4.66. The molecule has 3 aromatic rings. The second kappa shape index (κ2) is 6.44. The minimum atomic E-state index is -0.424. The summed E-state index contributed by atoms with van der Waals surface area (Å²) in [5.74, 6) is 0.0480. The van der Waals surface area contributed by atoms with Crippen LogP contribution < -0.4 is 5.32 Å². The van der Waals surface area contributed by atoms with Crippen LogP contribution in [0, 0.1) is 5.41 Å². The van der Waals surface area contributed by atoms with Crippen LogP contribution in [0.5, 0.6) is 0 Å². The van der Waals surface area contributed by atoms with E-state index in [1.807, 2.05) is 32.9 Å². The summed E-state index contributed by atoms with van der Waals surface area (Å²) >= 11 is 3.42. The number of thiophene rings is 1. The van der Waals surface area contributed by atoms with Crippen LogP contribution in [0.3, 0.4) is 0 Å². The molecule has 0 saturated carbocycles. The quantitative estimate of drug-likeness (QED) is 0.675. The van der Waals surface area contributed by atoms with Crippen molar-refractivity contribution >= 4 is 43.8 Å². The molecule has 0 unspecified atom stereocenters. The van der Waals surface area contributed by atoms with E-state index in [0.29, 0.717) is 0 Å². The SMILES string of the molecule is CN1CCc2c(sc(NC(=O)C(C)(C)C)c2-c2nc3ccccc3s2)C1. The van der Waals surface area contributed by atoms with Crippen molar-refractivity contribution in [2.24, 2.45) is 5.41 Å². The van der Waals surface area contributed by atoms with Gasteiger partial charge in [-0.2, -0.15) is 0 Å². The Morgan fingerprint density at radius 3 is 2.73 bits per heavy atom. The van der Waals surface area contributed by atoms with Crippen LogP contribution in [0.1, 0.15) is 31.2 Å². The fraction of sp³-hybridized carbons (Fsp3) is 0.400. The van der Waals surface area contributed by atoms with Crippen molar-refractivity contribution in [1.82, 2.24) is 9.88 Å². The van der Waals surface area contributed by atoms with E-state index >= 15 is 0 Å². The lowest BCUT2D eigenvalue weighted by Gasteiger charge is -2.22. The summed E-state index contributed by atoms with van der Waals surface area (Å²) in [5.41, 5.74) is 3.09. The molecule has 1 aromatic carbocycles. The summed E-state index contributed by atoms with van der Waals surface area (Å²) in [6.45, 7) is 7.81. The maximum atomic E-state index is 12.6. The predicted molar refractivity (Wildman–Crippen MR) is 111 cm³/mol. The number of benzene rings is 1. The van der Waals surface area contributed by atoms with Gasteiger partial charge in [0, 0.05) is 28.9 Å². The number of fused-ring (bicyclic) bond motifs is 2. The van der Waals surface area contributed by atoms with E-state index < -0.39 is 5.41 Å². The molecule has 0 aliphatic carbocycles. The minimum absolute atomic E-state index is 0.0480. The topological polar surface area (TPSA) is 45.2 Å².